The molecule has 0 unspecified atom stereocenters. The van der Waals surface area contributed by atoms with Gasteiger partial charge in [0, 0.05) is 7.05 Å². The average molecular weight is 379 g/mol. The van der Waals surface area contributed by atoms with Crippen LogP contribution in [-0.2, 0) is 18.1 Å². The van der Waals surface area contributed by atoms with Crippen molar-refractivity contribution in [2.75, 3.05) is 0 Å². The van der Waals surface area contributed by atoms with Gasteiger partial charge in [-0.1, -0.05) is 81.4 Å². The Kier molecular flexibility index (Phi) is 5.44. The Hall–Kier alpha value is -2.50. The highest BCUT2D eigenvalue weighted by molar-refractivity contribution is 6.99. The molecule has 0 aliphatic carbocycles. The van der Waals surface area contributed by atoms with Crippen LogP contribution in [0.25, 0.3) is 0 Å². The summed E-state index contributed by atoms with van der Waals surface area (Å²) in [5.74, 6) is 0. The van der Waals surface area contributed by atoms with Crippen LogP contribution in [-0.4, -0.2) is 24.4 Å². The van der Waals surface area contributed by atoms with Gasteiger partial charge in [-0.2, -0.15) is 5.10 Å². The zero-order chi connectivity index (χ0) is 19.5. The number of aldehydes is 1. The summed E-state index contributed by atoms with van der Waals surface area (Å²) in [5, 5.41) is 6.61. The van der Waals surface area contributed by atoms with Crippen molar-refractivity contribution in [2.24, 2.45) is 7.05 Å². The molecule has 0 aliphatic heterocycles. The van der Waals surface area contributed by atoms with Gasteiger partial charge in [0.25, 0.3) is 8.32 Å². The van der Waals surface area contributed by atoms with Crippen LogP contribution in [0.3, 0.4) is 0 Å². The lowest BCUT2D eigenvalue weighted by Gasteiger charge is -2.43. The molecule has 4 nitrogen and oxygen atoms in total. The molecule has 27 heavy (non-hydrogen) atoms. The number of nitrogens with zero attached hydrogens (tertiary/aromatic N) is 2. The number of hydrogen-bond donors (Lipinski definition) is 0. The highest BCUT2D eigenvalue weighted by Gasteiger charge is 2.50. The molecular formula is C22H26N2O2Si. The summed E-state index contributed by atoms with van der Waals surface area (Å²) in [5.41, 5.74) is 1.32. The molecule has 0 aliphatic rings. The molecule has 0 radical (unpaired) electrons. The molecule has 3 rings (SSSR count). The van der Waals surface area contributed by atoms with E-state index in [9.17, 15) is 4.79 Å². The smallest absolute Gasteiger partial charge is 0.261 e. The number of carbonyl (C=O) groups excluding carboxylic acids is 1. The van der Waals surface area contributed by atoms with Crippen molar-refractivity contribution in [1.29, 1.82) is 0 Å². The number of rotatable bonds is 6. The van der Waals surface area contributed by atoms with E-state index in [1.165, 1.54) is 10.4 Å². The Labute approximate surface area is 161 Å². The summed E-state index contributed by atoms with van der Waals surface area (Å²) in [6.45, 7) is 7.16. The van der Waals surface area contributed by atoms with Crippen molar-refractivity contribution >= 4 is 25.0 Å². The maximum atomic E-state index is 11.1. The van der Waals surface area contributed by atoms with E-state index in [2.05, 4.69) is 74.4 Å². The Bertz CT molecular complexity index is 860. The van der Waals surface area contributed by atoms with E-state index in [-0.39, 0.29) is 5.04 Å². The minimum atomic E-state index is -2.59. The fourth-order valence-electron chi connectivity index (χ4n) is 3.67. The van der Waals surface area contributed by atoms with Gasteiger partial charge in [0.1, 0.15) is 5.69 Å². The third-order valence-corrected chi connectivity index (χ3v) is 9.95. The van der Waals surface area contributed by atoms with Gasteiger partial charge in [0.05, 0.1) is 12.3 Å². The highest BCUT2D eigenvalue weighted by atomic mass is 28.4. The fraction of sp³-hybridized carbons (Fsp3) is 0.273. The fourth-order valence-corrected chi connectivity index (χ4v) is 8.19. The zero-order valence-electron chi connectivity index (χ0n) is 16.3. The molecular weight excluding hydrogens is 352 g/mol. The van der Waals surface area contributed by atoms with Gasteiger partial charge in [0.2, 0.25) is 0 Å². The van der Waals surface area contributed by atoms with Gasteiger partial charge >= 0.3 is 0 Å². The van der Waals surface area contributed by atoms with E-state index < -0.39 is 8.32 Å². The maximum Gasteiger partial charge on any atom is 0.261 e. The summed E-state index contributed by atoms with van der Waals surface area (Å²) in [7, 11) is -0.741. The van der Waals surface area contributed by atoms with Crippen LogP contribution in [0, 0.1) is 0 Å². The van der Waals surface area contributed by atoms with E-state index >= 15 is 0 Å². The molecule has 0 N–H and O–H groups in total. The third kappa shape index (κ3) is 3.66. The van der Waals surface area contributed by atoms with Crippen molar-refractivity contribution in [3.05, 3.63) is 78.1 Å². The van der Waals surface area contributed by atoms with Crippen LogP contribution in [0.1, 0.15) is 37.0 Å². The largest absolute Gasteiger partial charge is 0.402 e. The molecule has 2 aromatic carbocycles. The second kappa shape index (κ2) is 7.62. The van der Waals surface area contributed by atoms with Crippen molar-refractivity contribution in [2.45, 2.75) is 32.4 Å². The third-order valence-electron chi connectivity index (χ3n) is 4.97. The summed E-state index contributed by atoms with van der Waals surface area (Å²) >= 11 is 0. The van der Waals surface area contributed by atoms with E-state index in [1.807, 2.05) is 19.2 Å². The van der Waals surface area contributed by atoms with Crippen molar-refractivity contribution in [1.82, 2.24) is 9.78 Å². The molecule has 0 spiro atoms. The Morgan fingerprint density at radius 2 is 1.52 bits per heavy atom. The predicted molar refractivity (Wildman–Crippen MR) is 111 cm³/mol. The van der Waals surface area contributed by atoms with Crippen molar-refractivity contribution in [3.8, 4) is 0 Å². The Morgan fingerprint density at radius 3 is 1.93 bits per heavy atom. The molecule has 0 saturated carbocycles. The van der Waals surface area contributed by atoms with Crippen LogP contribution >= 0.6 is 0 Å². The van der Waals surface area contributed by atoms with E-state index in [1.54, 1.807) is 10.7 Å². The molecule has 0 amide bonds. The summed E-state index contributed by atoms with van der Waals surface area (Å²) in [4.78, 5) is 11.1. The summed E-state index contributed by atoms with van der Waals surface area (Å²) < 4.78 is 8.58. The van der Waals surface area contributed by atoms with Gasteiger partial charge in [-0.25, -0.2) is 0 Å². The number of carbonyl (C=O) groups is 1. The van der Waals surface area contributed by atoms with Crippen LogP contribution in [0.15, 0.2) is 66.7 Å². The van der Waals surface area contributed by atoms with Crippen LogP contribution < -0.4 is 10.4 Å². The standard InChI is InChI=1S/C22H26N2O2Si/c1-22(2,3)27(20-11-7-5-8-12-20,21-13-9-6-10-14-21)26-17-19-15-18(16-25)23-24(19)4/h5-16H,17H2,1-4H3. The van der Waals surface area contributed by atoms with E-state index in [0.29, 0.717) is 12.3 Å². The average Bonchev–Trinajstić information content (AvgIpc) is 3.03. The SMILES string of the molecule is Cn1nc(C=O)cc1CO[Si](c1ccccc1)(c1ccccc1)C(C)(C)C. The van der Waals surface area contributed by atoms with Crippen molar-refractivity contribution < 1.29 is 9.22 Å². The number of benzene rings is 2. The second-order valence-corrected chi connectivity index (χ2v) is 12.1. The van der Waals surface area contributed by atoms with Crippen LogP contribution in [0.5, 0.6) is 0 Å². The van der Waals surface area contributed by atoms with Gasteiger partial charge in [-0.15, -0.1) is 0 Å². The lowest BCUT2D eigenvalue weighted by Crippen LogP contribution is -2.66. The minimum Gasteiger partial charge on any atom is -0.402 e. The molecule has 0 fully saturated rings. The van der Waals surface area contributed by atoms with Crippen LogP contribution in [0.4, 0.5) is 0 Å². The molecule has 140 valence electrons. The van der Waals surface area contributed by atoms with Crippen LogP contribution in [0.2, 0.25) is 5.04 Å². The van der Waals surface area contributed by atoms with E-state index in [4.69, 9.17) is 4.43 Å². The predicted octanol–water partition coefficient (Wildman–Crippen LogP) is 3.31. The number of aryl methyl sites for hydroxylation is 1. The first-order valence-corrected chi connectivity index (χ1v) is 11.0. The Morgan fingerprint density at radius 1 is 1.00 bits per heavy atom. The van der Waals surface area contributed by atoms with Gasteiger partial charge in [-0.3, -0.25) is 9.48 Å². The van der Waals surface area contributed by atoms with E-state index in [0.717, 1.165) is 12.0 Å². The quantitative estimate of drug-likeness (QED) is 0.488. The number of hydrogen-bond acceptors (Lipinski definition) is 3. The first kappa shape index (κ1) is 19.3. The summed E-state index contributed by atoms with van der Waals surface area (Å²) in [6.07, 6.45) is 0.770. The molecule has 5 heteroatoms. The number of aromatic nitrogens is 2. The topological polar surface area (TPSA) is 44.1 Å². The normalized spacial score (nSPS) is 12.1. The first-order valence-electron chi connectivity index (χ1n) is 9.11. The van der Waals surface area contributed by atoms with Crippen molar-refractivity contribution in [3.63, 3.8) is 0 Å². The van der Waals surface area contributed by atoms with Gasteiger partial charge < -0.3 is 4.43 Å². The first-order chi connectivity index (χ1) is 12.9. The molecule has 0 bridgehead atoms. The molecule has 0 atom stereocenters. The molecule has 1 heterocycles. The summed E-state index contributed by atoms with van der Waals surface area (Å²) in [6, 6.07) is 22.8. The Balaban J connectivity index is 2.11. The lowest BCUT2D eigenvalue weighted by molar-refractivity contribution is 0.111. The highest BCUT2D eigenvalue weighted by Crippen LogP contribution is 2.37. The minimum absolute atomic E-state index is 0.0816. The maximum absolute atomic E-state index is 11.1. The van der Waals surface area contributed by atoms with Gasteiger partial charge in [0.15, 0.2) is 6.29 Å². The van der Waals surface area contributed by atoms with Gasteiger partial charge in [-0.05, 0) is 21.5 Å². The molecule has 0 saturated heterocycles. The molecule has 1 aromatic heterocycles. The monoisotopic (exact) mass is 378 g/mol. The molecule has 3 aromatic rings. The zero-order valence-corrected chi connectivity index (χ0v) is 17.3. The lowest BCUT2D eigenvalue weighted by atomic mass is 10.2. The second-order valence-electron chi connectivity index (χ2n) is 7.75.